The van der Waals surface area contributed by atoms with Crippen molar-refractivity contribution in [1.29, 1.82) is 0 Å². The molecule has 0 spiro atoms. The maximum absolute atomic E-state index is 12.2. The molecule has 0 radical (unpaired) electrons. The minimum Gasteiger partial charge on any atom is -0.494 e. The Morgan fingerprint density at radius 1 is 1.29 bits per heavy atom. The summed E-state index contributed by atoms with van der Waals surface area (Å²) >= 11 is 0. The largest absolute Gasteiger partial charge is 0.494 e. The van der Waals surface area contributed by atoms with E-state index in [0.29, 0.717) is 19.1 Å². The Balaban J connectivity index is 1.64. The molecule has 1 amide bonds. The third-order valence-corrected chi connectivity index (χ3v) is 4.50. The van der Waals surface area contributed by atoms with Gasteiger partial charge >= 0.3 is 0 Å². The van der Waals surface area contributed by atoms with E-state index in [0.717, 1.165) is 51.1 Å². The summed E-state index contributed by atoms with van der Waals surface area (Å²) in [4.78, 5) is 14.2. The van der Waals surface area contributed by atoms with E-state index < -0.39 is 0 Å². The number of likely N-dealkylation sites (tertiary alicyclic amines) is 1. The monoisotopic (exact) mass is 334 g/mol. The molecule has 1 N–H and O–H groups in total. The van der Waals surface area contributed by atoms with Gasteiger partial charge < -0.3 is 19.7 Å². The lowest BCUT2D eigenvalue weighted by Gasteiger charge is -2.32. The average molecular weight is 334 g/mol. The number of rotatable bonds is 9. The number of ether oxygens (including phenoxy) is 2. The number of hydrogen-bond donors (Lipinski definition) is 1. The highest BCUT2D eigenvalue weighted by Crippen LogP contribution is 2.14. The summed E-state index contributed by atoms with van der Waals surface area (Å²) < 4.78 is 10.8. The number of carbonyl (C=O) groups excluding carboxylic acids is 1. The van der Waals surface area contributed by atoms with Gasteiger partial charge in [0.1, 0.15) is 5.75 Å². The summed E-state index contributed by atoms with van der Waals surface area (Å²) in [5.74, 6) is 1.10. The molecule has 1 aromatic carbocycles. The third kappa shape index (κ3) is 6.13. The molecule has 1 atom stereocenters. The lowest BCUT2D eigenvalue weighted by molar-refractivity contribution is -0.132. The number of benzene rings is 1. The van der Waals surface area contributed by atoms with E-state index in [2.05, 4.69) is 17.4 Å². The highest BCUT2D eigenvalue weighted by molar-refractivity contribution is 5.76. The maximum Gasteiger partial charge on any atom is 0.222 e. The van der Waals surface area contributed by atoms with Gasteiger partial charge in [-0.25, -0.2) is 0 Å². The molecule has 5 heteroatoms. The van der Waals surface area contributed by atoms with E-state index in [1.165, 1.54) is 5.56 Å². The molecule has 1 fully saturated rings. The Hall–Kier alpha value is -1.59. The first kappa shape index (κ1) is 18.7. The van der Waals surface area contributed by atoms with Crippen LogP contribution in [-0.4, -0.2) is 57.3 Å². The number of likely N-dealkylation sites (N-methyl/N-ethyl adjacent to an activating group) is 1. The third-order valence-electron chi connectivity index (χ3n) is 4.50. The Morgan fingerprint density at radius 2 is 2.08 bits per heavy atom. The minimum absolute atomic E-state index is 0.244. The molecular weight excluding hydrogens is 304 g/mol. The van der Waals surface area contributed by atoms with Gasteiger partial charge in [-0.3, -0.25) is 4.79 Å². The second-order valence-electron chi connectivity index (χ2n) is 6.31. The predicted molar refractivity (Wildman–Crippen MR) is 95.4 cm³/mol. The molecule has 1 aromatic rings. The molecule has 1 saturated heterocycles. The van der Waals surface area contributed by atoms with Crippen molar-refractivity contribution in [2.75, 3.05) is 40.5 Å². The van der Waals surface area contributed by atoms with Gasteiger partial charge in [0.2, 0.25) is 5.91 Å². The number of hydrogen-bond acceptors (Lipinski definition) is 4. The number of amides is 1. The molecule has 1 aliphatic rings. The van der Waals surface area contributed by atoms with Crippen molar-refractivity contribution in [2.45, 2.75) is 38.1 Å². The molecule has 1 unspecified atom stereocenters. The average Bonchev–Trinajstić information content (AvgIpc) is 2.64. The topological polar surface area (TPSA) is 50.8 Å². The van der Waals surface area contributed by atoms with E-state index >= 15 is 0 Å². The molecule has 2 rings (SSSR count). The van der Waals surface area contributed by atoms with Crippen molar-refractivity contribution in [3.8, 4) is 5.75 Å². The Labute approximate surface area is 145 Å². The standard InChI is InChI=1S/C19H30N2O3/c1-20-17-5-3-12-21(15-17)19(22)6-4-13-24-18-9-7-16(8-10-18)11-14-23-2/h7-10,17,20H,3-6,11-15H2,1-2H3. The minimum atomic E-state index is 0.244. The van der Waals surface area contributed by atoms with Crippen molar-refractivity contribution >= 4 is 5.91 Å². The fraction of sp³-hybridized carbons (Fsp3) is 0.632. The van der Waals surface area contributed by atoms with Crippen LogP contribution < -0.4 is 10.1 Å². The van der Waals surface area contributed by atoms with Gasteiger partial charge in [0.15, 0.2) is 0 Å². The molecule has 0 bridgehead atoms. The first-order valence-electron chi connectivity index (χ1n) is 8.88. The summed E-state index contributed by atoms with van der Waals surface area (Å²) in [6.45, 7) is 3.03. The Kier molecular flexibility index (Phi) is 8.05. The van der Waals surface area contributed by atoms with Gasteiger partial charge in [-0.05, 0) is 50.4 Å². The smallest absolute Gasteiger partial charge is 0.222 e. The molecule has 0 aliphatic carbocycles. The molecule has 0 aromatic heterocycles. The van der Waals surface area contributed by atoms with E-state index in [-0.39, 0.29) is 5.91 Å². The summed E-state index contributed by atoms with van der Waals surface area (Å²) in [6.07, 6.45) is 4.47. The molecule has 134 valence electrons. The number of methoxy groups -OCH3 is 1. The van der Waals surface area contributed by atoms with E-state index in [9.17, 15) is 4.79 Å². The summed E-state index contributed by atoms with van der Waals surface area (Å²) in [6, 6.07) is 8.52. The van der Waals surface area contributed by atoms with Gasteiger partial charge in [-0.1, -0.05) is 12.1 Å². The maximum atomic E-state index is 12.2. The van der Waals surface area contributed by atoms with Crippen LogP contribution >= 0.6 is 0 Å². The van der Waals surface area contributed by atoms with Crippen LogP contribution in [0, 0.1) is 0 Å². The lowest BCUT2D eigenvalue weighted by Crippen LogP contribution is -2.46. The molecule has 0 saturated carbocycles. The number of nitrogens with zero attached hydrogens (tertiary/aromatic N) is 1. The quantitative estimate of drug-likeness (QED) is 0.704. The van der Waals surface area contributed by atoms with E-state index in [1.54, 1.807) is 7.11 Å². The zero-order valence-corrected chi connectivity index (χ0v) is 14.9. The van der Waals surface area contributed by atoms with Gasteiger partial charge in [0.25, 0.3) is 0 Å². The van der Waals surface area contributed by atoms with Crippen molar-refractivity contribution in [1.82, 2.24) is 10.2 Å². The van der Waals surface area contributed by atoms with E-state index in [4.69, 9.17) is 9.47 Å². The second-order valence-corrected chi connectivity index (χ2v) is 6.31. The van der Waals surface area contributed by atoms with Gasteiger partial charge in [0, 0.05) is 32.7 Å². The number of piperidine rings is 1. The summed E-state index contributed by atoms with van der Waals surface area (Å²) in [5, 5.41) is 3.27. The second kappa shape index (κ2) is 10.3. The zero-order valence-electron chi connectivity index (χ0n) is 14.9. The molecule has 24 heavy (non-hydrogen) atoms. The summed E-state index contributed by atoms with van der Waals surface area (Å²) in [7, 11) is 3.68. The van der Waals surface area contributed by atoms with Crippen LogP contribution in [0.15, 0.2) is 24.3 Å². The van der Waals surface area contributed by atoms with Crippen LogP contribution in [0.1, 0.15) is 31.2 Å². The van der Waals surface area contributed by atoms with E-state index in [1.807, 2.05) is 24.1 Å². The highest BCUT2D eigenvalue weighted by atomic mass is 16.5. The van der Waals surface area contributed by atoms with Gasteiger partial charge in [0.05, 0.1) is 13.2 Å². The first-order valence-corrected chi connectivity index (χ1v) is 8.88. The zero-order chi connectivity index (χ0) is 17.2. The van der Waals surface area contributed by atoms with Crippen molar-refractivity contribution < 1.29 is 14.3 Å². The van der Waals surface area contributed by atoms with Gasteiger partial charge in [-0.15, -0.1) is 0 Å². The number of carbonyl (C=O) groups is 1. The van der Waals surface area contributed by atoms with Crippen LogP contribution in [0.5, 0.6) is 5.75 Å². The van der Waals surface area contributed by atoms with Crippen LogP contribution in [0.25, 0.3) is 0 Å². The Morgan fingerprint density at radius 3 is 2.79 bits per heavy atom. The highest BCUT2D eigenvalue weighted by Gasteiger charge is 2.21. The first-order chi connectivity index (χ1) is 11.7. The SMILES string of the molecule is CNC1CCCN(C(=O)CCCOc2ccc(CCOC)cc2)C1. The molecule has 1 aliphatic heterocycles. The molecule has 5 nitrogen and oxygen atoms in total. The summed E-state index contributed by atoms with van der Waals surface area (Å²) in [5.41, 5.74) is 1.24. The molecular formula is C19H30N2O3. The van der Waals surface area contributed by atoms with Crippen LogP contribution in [-0.2, 0) is 16.0 Å². The van der Waals surface area contributed by atoms with Crippen LogP contribution in [0.4, 0.5) is 0 Å². The van der Waals surface area contributed by atoms with Crippen molar-refractivity contribution in [3.63, 3.8) is 0 Å². The number of nitrogens with one attached hydrogen (secondary N) is 1. The van der Waals surface area contributed by atoms with Crippen molar-refractivity contribution in [3.05, 3.63) is 29.8 Å². The van der Waals surface area contributed by atoms with Crippen LogP contribution in [0.3, 0.4) is 0 Å². The fourth-order valence-electron chi connectivity index (χ4n) is 2.98. The van der Waals surface area contributed by atoms with Gasteiger partial charge in [-0.2, -0.15) is 0 Å². The Bertz CT molecular complexity index is 490. The lowest BCUT2D eigenvalue weighted by atomic mass is 10.1. The fourth-order valence-corrected chi connectivity index (χ4v) is 2.98. The van der Waals surface area contributed by atoms with Crippen molar-refractivity contribution in [2.24, 2.45) is 0 Å². The van der Waals surface area contributed by atoms with Crippen LogP contribution in [0.2, 0.25) is 0 Å². The normalized spacial score (nSPS) is 17.8. The predicted octanol–water partition coefficient (Wildman–Crippen LogP) is 2.24. The molecule has 1 heterocycles.